The Hall–Kier alpha value is -2.38. The van der Waals surface area contributed by atoms with E-state index in [0.717, 1.165) is 0 Å². The minimum Gasteiger partial charge on any atom is -0.497 e. The van der Waals surface area contributed by atoms with E-state index >= 15 is 0 Å². The molecule has 128 valence electrons. The molecule has 1 unspecified atom stereocenters. The fourth-order valence-corrected chi connectivity index (χ4v) is 3.98. The molecule has 1 fully saturated rings. The Morgan fingerprint density at radius 1 is 1.20 bits per heavy atom. The molecule has 0 bridgehead atoms. The summed E-state index contributed by atoms with van der Waals surface area (Å²) in [6.07, 6.45) is 0.0746. The maximum Gasteiger partial charge on any atom is 0.246 e. The lowest BCUT2D eigenvalue weighted by atomic mass is 10.2. The second kappa shape index (κ2) is 7.67. The van der Waals surface area contributed by atoms with Gasteiger partial charge in [-0.05, 0) is 36.4 Å². The Morgan fingerprint density at radius 3 is 2.52 bits per heavy atom. The van der Waals surface area contributed by atoms with Crippen molar-refractivity contribution < 1.29 is 14.3 Å². The summed E-state index contributed by atoms with van der Waals surface area (Å²) in [5.41, 5.74) is 1.38. The van der Waals surface area contributed by atoms with Crippen molar-refractivity contribution >= 4 is 51.5 Å². The van der Waals surface area contributed by atoms with Gasteiger partial charge in [0.05, 0.1) is 12.8 Å². The number of methoxy groups -OCH3 is 1. The highest BCUT2D eigenvalue weighted by Gasteiger charge is 2.39. The highest BCUT2D eigenvalue weighted by molar-refractivity contribution is 8.25. The molecule has 2 aromatic rings. The van der Waals surface area contributed by atoms with Crippen LogP contribution in [0.25, 0.3) is 0 Å². The minimum absolute atomic E-state index is 0.0746. The van der Waals surface area contributed by atoms with Crippen molar-refractivity contribution in [1.29, 1.82) is 0 Å². The summed E-state index contributed by atoms with van der Waals surface area (Å²) in [5, 5.41) is 2.28. The fraction of sp³-hybridized carbons (Fsp3) is 0.167. The molecule has 0 saturated carbocycles. The van der Waals surface area contributed by atoms with E-state index in [9.17, 15) is 9.59 Å². The van der Waals surface area contributed by atoms with Gasteiger partial charge in [-0.1, -0.05) is 42.2 Å². The van der Waals surface area contributed by atoms with Crippen LogP contribution in [0, 0.1) is 0 Å². The van der Waals surface area contributed by atoms with E-state index in [1.165, 1.54) is 16.7 Å². The van der Waals surface area contributed by atoms with Crippen molar-refractivity contribution in [2.45, 2.75) is 11.7 Å². The smallest absolute Gasteiger partial charge is 0.246 e. The van der Waals surface area contributed by atoms with Gasteiger partial charge in [-0.2, -0.15) is 0 Å². The molecular weight excluding hydrogens is 356 g/mol. The van der Waals surface area contributed by atoms with Crippen molar-refractivity contribution in [3.8, 4) is 5.75 Å². The van der Waals surface area contributed by atoms with Crippen molar-refractivity contribution in [3.63, 3.8) is 0 Å². The van der Waals surface area contributed by atoms with Crippen LogP contribution in [0.15, 0.2) is 54.6 Å². The Morgan fingerprint density at radius 2 is 1.88 bits per heavy atom. The molecule has 1 atom stereocenters. The molecule has 0 aliphatic carbocycles. The van der Waals surface area contributed by atoms with Gasteiger partial charge >= 0.3 is 0 Å². The van der Waals surface area contributed by atoms with Crippen molar-refractivity contribution in [2.75, 3.05) is 17.3 Å². The van der Waals surface area contributed by atoms with Crippen LogP contribution in [-0.2, 0) is 9.59 Å². The van der Waals surface area contributed by atoms with Crippen LogP contribution in [0.3, 0.4) is 0 Å². The Bertz CT molecular complexity index is 794. The van der Waals surface area contributed by atoms with Gasteiger partial charge in [-0.25, -0.2) is 0 Å². The number of ether oxygens (including phenoxy) is 1. The zero-order valence-corrected chi connectivity index (χ0v) is 15.1. The Labute approximate surface area is 155 Å². The summed E-state index contributed by atoms with van der Waals surface area (Å²) in [7, 11) is 1.58. The van der Waals surface area contributed by atoms with Crippen LogP contribution in [0.5, 0.6) is 5.75 Å². The monoisotopic (exact) mass is 372 g/mol. The summed E-state index contributed by atoms with van der Waals surface area (Å²) in [5.74, 6) is 0.313. The Balaban J connectivity index is 1.67. The zero-order valence-electron chi connectivity index (χ0n) is 13.5. The zero-order chi connectivity index (χ0) is 17.8. The fourth-order valence-electron chi connectivity index (χ4n) is 2.45. The molecule has 2 amide bonds. The quantitative estimate of drug-likeness (QED) is 0.815. The van der Waals surface area contributed by atoms with Crippen LogP contribution >= 0.6 is 24.0 Å². The highest BCUT2D eigenvalue weighted by atomic mass is 32.2. The number of nitrogens with zero attached hydrogens (tertiary/aromatic N) is 1. The summed E-state index contributed by atoms with van der Waals surface area (Å²) in [6.45, 7) is 0. The topological polar surface area (TPSA) is 58.6 Å². The van der Waals surface area contributed by atoms with Crippen LogP contribution in [0.4, 0.5) is 11.4 Å². The van der Waals surface area contributed by atoms with Crippen LogP contribution in [-0.4, -0.2) is 28.5 Å². The second-order valence-electron chi connectivity index (χ2n) is 5.36. The molecule has 1 N–H and O–H groups in total. The number of rotatable bonds is 5. The van der Waals surface area contributed by atoms with Gasteiger partial charge in [0.15, 0.2) is 0 Å². The van der Waals surface area contributed by atoms with E-state index in [1.807, 2.05) is 18.2 Å². The standard InChI is InChI=1S/C18H16N2O3S2/c1-23-14-9-7-13(8-10-14)20-17(22)15(25-18(20)24)11-16(21)19-12-5-3-2-4-6-12/h2-10,15H,11H2,1H3,(H,19,21). The number of carbonyl (C=O) groups excluding carboxylic acids is 2. The number of hydrogen-bond donors (Lipinski definition) is 1. The molecule has 7 heteroatoms. The van der Waals surface area contributed by atoms with Gasteiger partial charge in [0.25, 0.3) is 0 Å². The van der Waals surface area contributed by atoms with Crippen molar-refractivity contribution in [1.82, 2.24) is 0 Å². The number of hydrogen-bond acceptors (Lipinski definition) is 5. The average molecular weight is 372 g/mol. The first-order valence-corrected chi connectivity index (χ1v) is 8.91. The van der Waals surface area contributed by atoms with E-state index in [1.54, 1.807) is 43.5 Å². The van der Waals surface area contributed by atoms with Crippen LogP contribution in [0.2, 0.25) is 0 Å². The molecule has 0 aromatic heterocycles. The molecule has 1 aliphatic heterocycles. The van der Waals surface area contributed by atoms with Crippen molar-refractivity contribution in [3.05, 3.63) is 54.6 Å². The van der Waals surface area contributed by atoms with Crippen LogP contribution < -0.4 is 15.0 Å². The summed E-state index contributed by atoms with van der Waals surface area (Å²) < 4.78 is 5.57. The lowest BCUT2D eigenvalue weighted by Crippen LogP contribution is -2.32. The number of benzene rings is 2. The predicted octanol–water partition coefficient (Wildman–Crippen LogP) is 3.46. The van der Waals surface area contributed by atoms with Gasteiger partial charge in [0.2, 0.25) is 11.8 Å². The Kier molecular flexibility index (Phi) is 5.35. The third-order valence-electron chi connectivity index (χ3n) is 3.68. The number of thioether (sulfide) groups is 1. The van der Waals surface area contributed by atoms with Gasteiger partial charge < -0.3 is 10.1 Å². The average Bonchev–Trinajstić information content (AvgIpc) is 2.89. The normalized spacial score (nSPS) is 16.8. The molecule has 1 heterocycles. The van der Waals surface area contributed by atoms with Gasteiger partial charge in [0.1, 0.15) is 15.3 Å². The number of anilines is 2. The maximum absolute atomic E-state index is 12.7. The summed E-state index contributed by atoms with van der Waals surface area (Å²) in [4.78, 5) is 26.3. The van der Waals surface area contributed by atoms with Crippen molar-refractivity contribution in [2.24, 2.45) is 0 Å². The van der Waals surface area contributed by atoms with Crippen LogP contribution in [0.1, 0.15) is 6.42 Å². The molecular formula is C18H16N2O3S2. The number of carbonyl (C=O) groups is 2. The van der Waals surface area contributed by atoms with E-state index < -0.39 is 5.25 Å². The molecule has 0 radical (unpaired) electrons. The third-order valence-corrected chi connectivity index (χ3v) is 5.19. The van der Waals surface area contributed by atoms with Gasteiger partial charge in [0, 0.05) is 12.1 Å². The number of nitrogens with one attached hydrogen (secondary N) is 1. The molecule has 1 aliphatic rings. The van der Waals surface area contributed by atoms with E-state index in [0.29, 0.717) is 21.4 Å². The number of thiocarbonyl (C=S) groups is 1. The largest absolute Gasteiger partial charge is 0.497 e. The van der Waals surface area contributed by atoms with Gasteiger partial charge in [-0.3, -0.25) is 14.5 Å². The molecule has 5 nitrogen and oxygen atoms in total. The maximum atomic E-state index is 12.7. The first-order chi connectivity index (χ1) is 12.1. The summed E-state index contributed by atoms with van der Waals surface area (Å²) in [6, 6.07) is 16.2. The first kappa shape index (κ1) is 17.4. The number of amides is 2. The lowest BCUT2D eigenvalue weighted by molar-refractivity contribution is -0.121. The van der Waals surface area contributed by atoms with E-state index in [4.69, 9.17) is 17.0 Å². The molecule has 2 aromatic carbocycles. The number of para-hydroxylation sites is 1. The predicted molar refractivity (Wildman–Crippen MR) is 104 cm³/mol. The van der Waals surface area contributed by atoms with Gasteiger partial charge in [-0.15, -0.1) is 0 Å². The third kappa shape index (κ3) is 4.00. The first-order valence-electron chi connectivity index (χ1n) is 7.62. The molecule has 1 saturated heterocycles. The summed E-state index contributed by atoms with van der Waals surface area (Å²) >= 11 is 6.57. The molecule has 0 spiro atoms. The molecule has 3 rings (SSSR count). The van der Waals surface area contributed by atoms with E-state index in [2.05, 4.69) is 5.32 Å². The highest BCUT2D eigenvalue weighted by Crippen LogP contribution is 2.34. The SMILES string of the molecule is COc1ccc(N2C(=O)C(CC(=O)Nc3ccccc3)SC2=S)cc1. The lowest BCUT2D eigenvalue weighted by Gasteiger charge is -2.16. The molecule has 25 heavy (non-hydrogen) atoms. The second-order valence-corrected chi connectivity index (χ2v) is 7.20. The van der Waals surface area contributed by atoms with E-state index in [-0.39, 0.29) is 18.2 Å². The minimum atomic E-state index is -0.515.